The average molecular weight is 148 g/mol. The van der Waals surface area contributed by atoms with Gasteiger partial charge in [-0.2, -0.15) is 0 Å². The van der Waals surface area contributed by atoms with Crippen LogP contribution in [0.4, 0.5) is 4.39 Å². The third-order valence-corrected chi connectivity index (χ3v) is 1.27. The Balaban J connectivity index is 3.25. The van der Waals surface area contributed by atoms with Gasteiger partial charge in [0.1, 0.15) is 6.17 Å². The molecule has 0 aliphatic heterocycles. The number of halogens is 1. The second kappa shape index (κ2) is 5.21. The van der Waals surface area contributed by atoms with Gasteiger partial charge in [-0.25, -0.2) is 4.39 Å². The van der Waals surface area contributed by atoms with Crippen LogP contribution in [0.15, 0.2) is 0 Å². The summed E-state index contributed by atoms with van der Waals surface area (Å²) in [7, 11) is 0. The molecule has 0 rings (SSSR count). The summed E-state index contributed by atoms with van der Waals surface area (Å²) in [6.07, 6.45) is 0.564. The second-order valence-corrected chi connectivity index (χ2v) is 2.34. The molecule has 60 valence electrons. The van der Waals surface area contributed by atoms with E-state index < -0.39 is 12.1 Å². The molecule has 0 saturated carbocycles. The molecular weight excluding hydrogens is 135 g/mol. The number of aliphatic carboxylic acids is 1. The highest BCUT2D eigenvalue weighted by Crippen LogP contribution is 2.07. The van der Waals surface area contributed by atoms with Crippen LogP contribution in [0, 0.1) is 0 Å². The average Bonchev–Trinajstić information content (AvgIpc) is 1.82. The van der Waals surface area contributed by atoms with Gasteiger partial charge in [0, 0.05) is 0 Å². The zero-order valence-electron chi connectivity index (χ0n) is 6.14. The first-order valence-electron chi connectivity index (χ1n) is 3.52. The molecule has 0 aromatic carbocycles. The molecule has 2 nitrogen and oxygen atoms in total. The van der Waals surface area contributed by atoms with E-state index in [0.717, 1.165) is 12.8 Å². The Labute approximate surface area is 60.1 Å². The van der Waals surface area contributed by atoms with Crippen LogP contribution in [0.3, 0.4) is 0 Å². The van der Waals surface area contributed by atoms with E-state index in [9.17, 15) is 9.18 Å². The third-order valence-electron chi connectivity index (χ3n) is 1.27. The lowest BCUT2D eigenvalue weighted by Gasteiger charge is -2.01. The summed E-state index contributed by atoms with van der Waals surface area (Å²) in [5.41, 5.74) is 0. The fourth-order valence-electron chi connectivity index (χ4n) is 0.717. The van der Waals surface area contributed by atoms with Gasteiger partial charge in [-0.3, -0.25) is 4.79 Å². The van der Waals surface area contributed by atoms with Gasteiger partial charge in [0.2, 0.25) is 0 Å². The van der Waals surface area contributed by atoms with Gasteiger partial charge in [-0.15, -0.1) is 0 Å². The molecule has 0 aliphatic carbocycles. The quantitative estimate of drug-likeness (QED) is 0.647. The molecule has 0 radical (unpaired) electrons. The molecule has 0 heterocycles. The minimum Gasteiger partial charge on any atom is -0.481 e. The van der Waals surface area contributed by atoms with E-state index in [0.29, 0.717) is 6.42 Å². The van der Waals surface area contributed by atoms with E-state index in [4.69, 9.17) is 5.11 Å². The lowest BCUT2D eigenvalue weighted by atomic mass is 10.1. The van der Waals surface area contributed by atoms with Gasteiger partial charge in [-0.1, -0.05) is 19.8 Å². The Morgan fingerprint density at radius 3 is 2.70 bits per heavy atom. The maximum Gasteiger partial charge on any atom is 0.306 e. The predicted molar refractivity (Wildman–Crippen MR) is 36.7 cm³/mol. The molecule has 0 amide bonds. The van der Waals surface area contributed by atoms with E-state index in [1.165, 1.54) is 0 Å². The first kappa shape index (κ1) is 9.40. The SMILES string of the molecule is CCCC[C@@H](F)CC(=O)O. The van der Waals surface area contributed by atoms with E-state index in [1.54, 1.807) is 0 Å². The van der Waals surface area contributed by atoms with Crippen LogP contribution in [0.1, 0.15) is 32.6 Å². The molecule has 0 unspecified atom stereocenters. The zero-order chi connectivity index (χ0) is 7.98. The van der Waals surface area contributed by atoms with E-state index >= 15 is 0 Å². The molecule has 0 fully saturated rings. The van der Waals surface area contributed by atoms with Gasteiger partial charge in [-0.05, 0) is 6.42 Å². The van der Waals surface area contributed by atoms with Crippen molar-refractivity contribution in [1.29, 1.82) is 0 Å². The molecule has 0 aromatic rings. The zero-order valence-corrected chi connectivity index (χ0v) is 6.14. The van der Waals surface area contributed by atoms with Crippen LogP contribution in [-0.2, 0) is 4.79 Å². The van der Waals surface area contributed by atoms with Crippen molar-refractivity contribution >= 4 is 5.97 Å². The summed E-state index contributed by atoms with van der Waals surface area (Å²) in [5, 5.41) is 8.14. The number of hydrogen-bond acceptors (Lipinski definition) is 1. The molecule has 1 N–H and O–H groups in total. The smallest absolute Gasteiger partial charge is 0.306 e. The van der Waals surface area contributed by atoms with Crippen LogP contribution < -0.4 is 0 Å². The number of unbranched alkanes of at least 4 members (excludes halogenated alkanes) is 1. The predicted octanol–water partition coefficient (Wildman–Crippen LogP) is 1.99. The first-order chi connectivity index (χ1) is 4.66. The van der Waals surface area contributed by atoms with Crippen molar-refractivity contribution in [1.82, 2.24) is 0 Å². The lowest BCUT2D eigenvalue weighted by molar-refractivity contribution is -0.138. The minimum atomic E-state index is -1.16. The Kier molecular flexibility index (Phi) is 4.89. The van der Waals surface area contributed by atoms with Gasteiger partial charge in [0.25, 0.3) is 0 Å². The van der Waals surface area contributed by atoms with Crippen LogP contribution in [0.5, 0.6) is 0 Å². The largest absolute Gasteiger partial charge is 0.481 e. The van der Waals surface area contributed by atoms with Crippen LogP contribution in [0.2, 0.25) is 0 Å². The highest BCUT2D eigenvalue weighted by atomic mass is 19.1. The highest BCUT2D eigenvalue weighted by molar-refractivity contribution is 5.67. The van der Waals surface area contributed by atoms with Crippen molar-refractivity contribution in [3.05, 3.63) is 0 Å². The van der Waals surface area contributed by atoms with Gasteiger partial charge < -0.3 is 5.11 Å². The normalized spacial score (nSPS) is 13.0. The topological polar surface area (TPSA) is 37.3 Å². The Morgan fingerprint density at radius 2 is 2.30 bits per heavy atom. The summed E-state index contributed by atoms with van der Waals surface area (Å²) < 4.78 is 12.5. The Morgan fingerprint density at radius 1 is 1.70 bits per heavy atom. The molecule has 0 aliphatic rings. The van der Waals surface area contributed by atoms with E-state index in [1.807, 2.05) is 6.92 Å². The molecule has 3 heteroatoms. The second-order valence-electron chi connectivity index (χ2n) is 2.34. The Bertz CT molecular complexity index is 104. The molecule has 0 saturated heterocycles. The van der Waals surface area contributed by atoms with Crippen LogP contribution >= 0.6 is 0 Å². The minimum absolute atomic E-state index is 0.347. The summed E-state index contributed by atoms with van der Waals surface area (Å²) in [6, 6.07) is 0. The third kappa shape index (κ3) is 5.54. The number of hydrogen-bond donors (Lipinski definition) is 1. The number of alkyl halides is 1. The molecule has 0 bridgehead atoms. The molecule has 0 spiro atoms. The molecule has 10 heavy (non-hydrogen) atoms. The summed E-state index contributed by atoms with van der Waals surface area (Å²) >= 11 is 0. The van der Waals surface area contributed by atoms with Crippen LogP contribution in [0.25, 0.3) is 0 Å². The van der Waals surface area contributed by atoms with E-state index in [-0.39, 0.29) is 6.42 Å². The number of rotatable bonds is 5. The fraction of sp³-hybridized carbons (Fsp3) is 0.857. The summed E-state index contributed by atoms with van der Waals surface area (Å²) in [6.45, 7) is 1.95. The molecular formula is C7H13FO2. The van der Waals surface area contributed by atoms with Gasteiger partial charge in [0.15, 0.2) is 0 Å². The molecule has 1 atom stereocenters. The monoisotopic (exact) mass is 148 g/mol. The van der Waals surface area contributed by atoms with Crippen molar-refractivity contribution < 1.29 is 14.3 Å². The van der Waals surface area contributed by atoms with Crippen LogP contribution in [-0.4, -0.2) is 17.2 Å². The summed E-state index contributed by atoms with van der Waals surface area (Å²) in [4.78, 5) is 9.93. The van der Waals surface area contributed by atoms with Crippen molar-refractivity contribution in [2.45, 2.75) is 38.8 Å². The van der Waals surface area contributed by atoms with Crippen molar-refractivity contribution in [3.63, 3.8) is 0 Å². The number of carboxylic acids is 1. The van der Waals surface area contributed by atoms with Crippen molar-refractivity contribution in [2.24, 2.45) is 0 Å². The van der Waals surface area contributed by atoms with E-state index in [2.05, 4.69) is 0 Å². The highest BCUT2D eigenvalue weighted by Gasteiger charge is 2.09. The van der Waals surface area contributed by atoms with Crippen molar-refractivity contribution in [3.8, 4) is 0 Å². The van der Waals surface area contributed by atoms with Gasteiger partial charge in [0.05, 0.1) is 6.42 Å². The maximum atomic E-state index is 12.5. The Hall–Kier alpha value is -0.600. The fourth-order valence-corrected chi connectivity index (χ4v) is 0.717. The first-order valence-corrected chi connectivity index (χ1v) is 3.52. The van der Waals surface area contributed by atoms with Gasteiger partial charge >= 0.3 is 5.97 Å². The molecule has 0 aromatic heterocycles. The maximum absolute atomic E-state index is 12.5. The summed E-state index contributed by atoms with van der Waals surface area (Å²) in [5.74, 6) is -1.05. The lowest BCUT2D eigenvalue weighted by Crippen LogP contribution is -2.07. The van der Waals surface area contributed by atoms with Crippen molar-refractivity contribution in [2.75, 3.05) is 0 Å². The number of carboxylic acid groups (broad SMARTS) is 1. The standard InChI is InChI=1S/C7H13FO2/c1-2-3-4-6(8)5-7(9)10/h6H,2-5H2,1H3,(H,9,10)/t6-/m1/s1. The number of carbonyl (C=O) groups is 1.